The summed E-state index contributed by atoms with van der Waals surface area (Å²) in [5.74, 6) is 0.879. The van der Waals surface area contributed by atoms with E-state index < -0.39 is 0 Å². The predicted molar refractivity (Wildman–Crippen MR) is 44.5 cm³/mol. The second-order valence-corrected chi connectivity index (χ2v) is 4.62. The van der Waals surface area contributed by atoms with Gasteiger partial charge in [-0.3, -0.25) is 0 Å². The maximum absolute atomic E-state index is 2.54. The first-order valence-corrected chi connectivity index (χ1v) is 4.93. The van der Waals surface area contributed by atoms with Crippen LogP contribution in [0.25, 0.3) is 0 Å². The highest BCUT2D eigenvalue weighted by atomic mass is 15.3. The number of rotatable bonds is 2. The van der Waals surface area contributed by atoms with Gasteiger partial charge in [-0.2, -0.15) is 0 Å². The van der Waals surface area contributed by atoms with Crippen molar-refractivity contribution >= 4 is 0 Å². The first-order chi connectivity index (χ1) is 5.25. The number of fused-ring (bicyclic) bond motifs is 2. The van der Waals surface area contributed by atoms with Gasteiger partial charge in [0.25, 0.3) is 0 Å². The van der Waals surface area contributed by atoms with Gasteiger partial charge in [-0.25, -0.2) is 0 Å². The second-order valence-electron chi connectivity index (χ2n) is 4.62. The summed E-state index contributed by atoms with van der Waals surface area (Å²) >= 11 is 0. The molecule has 0 aromatic carbocycles. The summed E-state index contributed by atoms with van der Waals surface area (Å²) in [7, 11) is 0. The third-order valence-corrected chi connectivity index (χ3v) is 3.11. The van der Waals surface area contributed by atoms with Gasteiger partial charge in [0.1, 0.15) is 25.2 Å². The molecule has 2 bridgehead atoms. The lowest BCUT2D eigenvalue weighted by atomic mass is 10.2. The largest absolute Gasteiger partial charge is 0.334 e. The molecule has 2 nitrogen and oxygen atoms in total. The van der Waals surface area contributed by atoms with E-state index in [0.717, 1.165) is 18.0 Å². The maximum atomic E-state index is 2.54. The molecule has 1 unspecified atom stereocenters. The van der Waals surface area contributed by atoms with Crippen LogP contribution in [0.4, 0.5) is 0 Å². The highest BCUT2D eigenvalue weighted by Gasteiger charge is 2.45. The molecule has 3 N–H and O–H groups in total. The Balaban J connectivity index is 1.87. The number of nitrogens with one attached hydrogen (secondary N) is 1. The lowest BCUT2D eigenvalue weighted by molar-refractivity contribution is -0.954. The van der Waals surface area contributed by atoms with Gasteiger partial charge in [-0.1, -0.05) is 13.8 Å². The molecular formula is C9H20N2+2. The van der Waals surface area contributed by atoms with Gasteiger partial charge in [0.2, 0.25) is 0 Å². The van der Waals surface area contributed by atoms with Crippen molar-refractivity contribution in [3.05, 3.63) is 0 Å². The average Bonchev–Trinajstić information content (AvgIpc) is 2.45. The van der Waals surface area contributed by atoms with Crippen LogP contribution in [-0.4, -0.2) is 31.7 Å². The van der Waals surface area contributed by atoms with Gasteiger partial charge < -0.3 is 10.2 Å². The van der Waals surface area contributed by atoms with E-state index in [-0.39, 0.29) is 0 Å². The molecule has 0 aliphatic carbocycles. The molecule has 2 rings (SSSR count). The molecule has 3 atom stereocenters. The minimum absolute atomic E-state index is 0.879. The van der Waals surface area contributed by atoms with Crippen molar-refractivity contribution in [1.82, 2.24) is 0 Å². The van der Waals surface area contributed by atoms with Crippen LogP contribution in [-0.2, 0) is 0 Å². The van der Waals surface area contributed by atoms with Crippen LogP contribution < -0.4 is 10.2 Å². The van der Waals surface area contributed by atoms with Crippen LogP contribution in [0.5, 0.6) is 0 Å². The van der Waals surface area contributed by atoms with Crippen molar-refractivity contribution in [2.24, 2.45) is 5.92 Å². The van der Waals surface area contributed by atoms with Crippen LogP contribution >= 0.6 is 0 Å². The molecule has 11 heavy (non-hydrogen) atoms. The highest BCUT2D eigenvalue weighted by Crippen LogP contribution is 2.02. The Morgan fingerprint density at radius 2 is 2.36 bits per heavy atom. The summed E-state index contributed by atoms with van der Waals surface area (Å²) in [6, 6.07) is 1.98. The number of hydrogen-bond donors (Lipinski definition) is 2. The van der Waals surface area contributed by atoms with Crippen LogP contribution in [0.3, 0.4) is 0 Å². The van der Waals surface area contributed by atoms with Crippen molar-refractivity contribution in [3.8, 4) is 0 Å². The first-order valence-electron chi connectivity index (χ1n) is 4.93. The Labute approximate surface area is 69.0 Å². The predicted octanol–water partition coefficient (Wildman–Crippen LogP) is -1.75. The molecule has 64 valence electrons. The van der Waals surface area contributed by atoms with E-state index in [4.69, 9.17) is 0 Å². The SMILES string of the molecule is CC(C)C[NH+]1C[C@H]2C[C@@H]1C[NH2+]2. The molecule has 2 heterocycles. The Kier molecular flexibility index (Phi) is 1.90. The second kappa shape index (κ2) is 2.76. The third kappa shape index (κ3) is 1.42. The van der Waals surface area contributed by atoms with E-state index >= 15 is 0 Å². The van der Waals surface area contributed by atoms with Crippen molar-refractivity contribution in [1.29, 1.82) is 0 Å². The number of quaternary nitrogens is 2. The van der Waals surface area contributed by atoms with E-state index in [9.17, 15) is 0 Å². The van der Waals surface area contributed by atoms with Gasteiger partial charge in [-0.05, 0) is 0 Å². The molecule has 0 saturated carbocycles. The average molecular weight is 156 g/mol. The molecule has 2 saturated heterocycles. The molecule has 0 aromatic rings. The smallest absolute Gasteiger partial charge is 0.143 e. The first kappa shape index (κ1) is 7.56. The summed E-state index contributed by atoms with van der Waals surface area (Å²) in [5.41, 5.74) is 0. The van der Waals surface area contributed by atoms with Gasteiger partial charge >= 0.3 is 0 Å². The van der Waals surface area contributed by atoms with Crippen molar-refractivity contribution in [2.75, 3.05) is 19.6 Å². The van der Waals surface area contributed by atoms with Gasteiger partial charge in [0.15, 0.2) is 0 Å². The zero-order valence-corrected chi connectivity index (χ0v) is 7.64. The van der Waals surface area contributed by atoms with Crippen LogP contribution in [0, 0.1) is 5.92 Å². The molecule has 2 aliphatic rings. The van der Waals surface area contributed by atoms with E-state index in [1.54, 1.807) is 0 Å². The van der Waals surface area contributed by atoms with E-state index in [0.29, 0.717) is 0 Å². The zero-order valence-electron chi connectivity index (χ0n) is 7.64. The minimum Gasteiger partial charge on any atom is -0.334 e. The summed E-state index contributed by atoms with van der Waals surface area (Å²) in [4.78, 5) is 1.88. The Morgan fingerprint density at radius 1 is 1.55 bits per heavy atom. The standard InChI is InChI=1S/C9H18N2/c1-7(2)5-11-6-8-3-9(11)4-10-8/h7-10H,3-6H2,1-2H3/p+2/t8-,9-/m1/s1. The minimum atomic E-state index is 0.879. The molecule has 2 heteroatoms. The molecule has 0 radical (unpaired) electrons. The highest BCUT2D eigenvalue weighted by molar-refractivity contribution is 4.74. The fraction of sp³-hybridized carbons (Fsp3) is 1.00. The zero-order chi connectivity index (χ0) is 7.84. The van der Waals surface area contributed by atoms with Gasteiger partial charge in [-0.15, -0.1) is 0 Å². The molecule has 0 aromatic heterocycles. The lowest BCUT2D eigenvalue weighted by Gasteiger charge is -2.23. The Hall–Kier alpha value is -0.0800. The number of hydrogen-bond acceptors (Lipinski definition) is 0. The van der Waals surface area contributed by atoms with Gasteiger partial charge in [0.05, 0.1) is 13.0 Å². The molecule has 0 spiro atoms. The van der Waals surface area contributed by atoms with Crippen LogP contribution in [0.2, 0.25) is 0 Å². The van der Waals surface area contributed by atoms with E-state index in [1.807, 2.05) is 4.90 Å². The van der Waals surface area contributed by atoms with Crippen LogP contribution in [0.15, 0.2) is 0 Å². The lowest BCUT2D eigenvalue weighted by Crippen LogP contribution is -3.21. The third-order valence-electron chi connectivity index (χ3n) is 3.11. The molecule has 0 amide bonds. The topological polar surface area (TPSA) is 21.1 Å². The van der Waals surface area contributed by atoms with Crippen LogP contribution in [0.1, 0.15) is 20.3 Å². The quantitative estimate of drug-likeness (QED) is 0.473. The van der Waals surface area contributed by atoms with Crippen molar-refractivity contribution < 1.29 is 10.2 Å². The molecule has 2 aliphatic heterocycles. The van der Waals surface area contributed by atoms with Crippen molar-refractivity contribution in [3.63, 3.8) is 0 Å². The number of piperazine rings is 1. The fourth-order valence-electron chi connectivity index (χ4n) is 2.69. The monoisotopic (exact) mass is 156 g/mol. The number of likely N-dealkylation sites (tertiary alicyclic amines) is 1. The summed E-state index contributed by atoms with van der Waals surface area (Å²) in [6.07, 6.45) is 1.49. The molecular weight excluding hydrogens is 136 g/mol. The number of nitrogens with two attached hydrogens (primary N) is 1. The molecule has 2 fully saturated rings. The van der Waals surface area contributed by atoms with Gasteiger partial charge in [0, 0.05) is 5.92 Å². The fourth-order valence-corrected chi connectivity index (χ4v) is 2.69. The summed E-state index contributed by atoms with van der Waals surface area (Å²) < 4.78 is 0. The van der Waals surface area contributed by atoms with E-state index in [2.05, 4.69) is 19.2 Å². The van der Waals surface area contributed by atoms with Crippen molar-refractivity contribution in [2.45, 2.75) is 32.4 Å². The maximum Gasteiger partial charge on any atom is 0.143 e. The summed E-state index contributed by atoms with van der Waals surface area (Å²) in [6.45, 7) is 8.90. The Morgan fingerprint density at radius 3 is 2.82 bits per heavy atom. The van der Waals surface area contributed by atoms with E-state index in [1.165, 1.54) is 26.1 Å². The summed E-state index contributed by atoms with van der Waals surface area (Å²) in [5, 5.41) is 2.54. The Bertz CT molecular complexity index is 144. The normalized spacial score (nSPS) is 42.3.